The van der Waals surface area contributed by atoms with Crippen molar-refractivity contribution in [3.05, 3.63) is 83.9 Å². The Morgan fingerprint density at radius 1 is 0.803 bits per heavy atom. The van der Waals surface area contributed by atoms with Crippen LogP contribution < -0.4 is 48.7 Å². The Morgan fingerprint density at radius 3 is 2.03 bits per heavy atom. The lowest BCUT2D eigenvalue weighted by molar-refractivity contribution is -0.145. The van der Waals surface area contributed by atoms with Crippen LogP contribution in [0.4, 0.5) is 0 Å². The number of aliphatic imine (C=N–C) groups is 1. The lowest BCUT2D eigenvalue weighted by Crippen LogP contribution is -2.61. The van der Waals surface area contributed by atoms with Crippen LogP contribution in [0.3, 0.4) is 0 Å². The van der Waals surface area contributed by atoms with Gasteiger partial charge in [0.15, 0.2) is 5.96 Å². The molecule has 0 saturated carbocycles. The van der Waals surface area contributed by atoms with E-state index in [1.165, 1.54) is 41.7 Å². The fraction of sp³-hybridized carbons (Fsp3) is 0.478. The average molecular weight is 1020 g/mol. The largest absolute Gasteiger partial charge is 0.508 e. The van der Waals surface area contributed by atoms with Gasteiger partial charge in [0.25, 0.3) is 0 Å². The number of carbonyl (C=O) groups excluding carboxylic acids is 7. The van der Waals surface area contributed by atoms with E-state index in [4.69, 9.17) is 11.5 Å². The van der Waals surface area contributed by atoms with Crippen LogP contribution in [0.25, 0.3) is 0 Å². The number of nitrogens with two attached hydrogens (primary N) is 2. The fourth-order valence-electron chi connectivity index (χ4n) is 7.68. The number of H-pyrrole nitrogens is 1. The van der Waals surface area contributed by atoms with Crippen LogP contribution in [-0.2, 0) is 57.6 Å². The maximum Gasteiger partial charge on any atom is 0.326 e. The van der Waals surface area contributed by atoms with Gasteiger partial charge in [0.2, 0.25) is 41.4 Å². The lowest BCUT2D eigenvalue weighted by atomic mass is 10.00. The van der Waals surface area contributed by atoms with Gasteiger partial charge in [-0.05, 0) is 55.5 Å². The van der Waals surface area contributed by atoms with Crippen LogP contribution in [0.15, 0.2) is 72.1 Å². The number of phenolic OH excluding ortho intramolecular Hbond substituents is 1. The predicted octanol–water partition coefficient (Wildman–Crippen LogP) is -2.11. The smallest absolute Gasteiger partial charge is 0.326 e. The Balaban J connectivity index is 1.55. The highest BCUT2D eigenvalue weighted by Crippen LogP contribution is 2.24. The summed E-state index contributed by atoms with van der Waals surface area (Å²) in [7, 11) is 1.56. The van der Waals surface area contributed by atoms with Crippen molar-refractivity contribution in [3.63, 3.8) is 0 Å². The number of likely N-dealkylation sites (N-methyl/N-ethyl adjacent to an activating group) is 1. The number of imidazole rings is 1. The number of guanidine groups is 1. The van der Waals surface area contributed by atoms with Crippen molar-refractivity contribution in [2.24, 2.45) is 22.4 Å². The summed E-state index contributed by atoms with van der Waals surface area (Å²) in [6.07, 6.45) is 3.02. The van der Waals surface area contributed by atoms with Gasteiger partial charge in [-0.1, -0.05) is 56.3 Å². The van der Waals surface area contributed by atoms with Crippen molar-refractivity contribution in [2.45, 2.75) is 99.9 Å². The highest BCUT2D eigenvalue weighted by atomic mass is 32.1. The van der Waals surface area contributed by atoms with Gasteiger partial charge in [-0.2, -0.15) is 25.3 Å². The first kappa shape index (κ1) is 56.7. The van der Waals surface area contributed by atoms with Gasteiger partial charge in [-0.15, -0.1) is 0 Å². The molecule has 386 valence electrons. The van der Waals surface area contributed by atoms with Crippen molar-refractivity contribution in [2.75, 3.05) is 32.4 Å². The minimum absolute atomic E-state index is 0.0138. The number of amides is 7. The minimum atomic E-state index is -1.41. The molecule has 1 saturated heterocycles. The molecule has 1 aliphatic heterocycles. The monoisotopic (exact) mass is 1020 g/mol. The summed E-state index contributed by atoms with van der Waals surface area (Å²) in [5.74, 6) is -7.35. The number of aromatic hydroxyl groups is 1. The summed E-state index contributed by atoms with van der Waals surface area (Å²) in [5, 5.41) is 38.1. The second-order valence-electron chi connectivity index (χ2n) is 17.3. The van der Waals surface area contributed by atoms with Crippen LogP contribution in [-0.4, -0.2) is 158 Å². The van der Waals surface area contributed by atoms with E-state index in [0.717, 1.165) is 0 Å². The second kappa shape index (κ2) is 28.1. The summed E-state index contributed by atoms with van der Waals surface area (Å²) in [5.41, 5.74) is 12.5. The number of phenols is 1. The number of nitrogens with zero attached hydrogens (tertiary/aromatic N) is 3. The van der Waals surface area contributed by atoms with Crippen molar-refractivity contribution >= 4 is 78.5 Å². The zero-order chi connectivity index (χ0) is 52.2. The van der Waals surface area contributed by atoms with Crippen molar-refractivity contribution < 1.29 is 48.6 Å². The van der Waals surface area contributed by atoms with Crippen LogP contribution in [0, 0.1) is 5.92 Å². The summed E-state index contributed by atoms with van der Waals surface area (Å²) in [4.78, 5) is 121. The zero-order valence-corrected chi connectivity index (χ0v) is 41.5. The first-order chi connectivity index (χ1) is 33.8. The van der Waals surface area contributed by atoms with E-state index in [0.29, 0.717) is 23.2 Å². The van der Waals surface area contributed by atoms with Gasteiger partial charge < -0.3 is 68.8 Å². The molecule has 7 amide bonds. The number of carboxylic acids is 1. The number of aromatic nitrogens is 2. The molecule has 23 nitrogen and oxygen atoms in total. The Labute approximate surface area is 422 Å². The fourth-order valence-corrected chi connectivity index (χ4v) is 8.32. The van der Waals surface area contributed by atoms with Crippen LogP contribution in [0.2, 0.25) is 0 Å². The molecule has 0 unspecified atom stereocenters. The van der Waals surface area contributed by atoms with E-state index in [9.17, 15) is 48.6 Å². The first-order valence-corrected chi connectivity index (χ1v) is 24.1. The number of benzene rings is 2. The van der Waals surface area contributed by atoms with E-state index in [2.05, 4.69) is 77.4 Å². The number of nitrogens with one attached hydrogen (secondary N) is 8. The maximum absolute atomic E-state index is 14.5. The third-order valence-corrected chi connectivity index (χ3v) is 12.1. The summed E-state index contributed by atoms with van der Waals surface area (Å²) < 4.78 is 0. The molecule has 0 spiro atoms. The first-order valence-electron chi connectivity index (χ1n) is 22.9. The number of aromatic amines is 1. The van der Waals surface area contributed by atoms with Crippen LogP contribution >= 0.6 is 25.3 Å². The number of thiol groups is 2. The molecule has 2 aromatic carbocycles. The molecular weight excluding hydrogens is 959 g/mol. The average Bonchev–Trinajstić information content (AvgIpc) is 4.00. The van der Waals surface area contributed by atoms with E-state index < -0.39 is 101 Å². The van der Waals surface area contributed by atoms with Crippen molar-refractivity contribution in [3.8, 4) is 5.75 Å². The molecule has 0 radical (unpaired) electrons. The molecule has 1 fully saturated rings. The Kier molecular flexibility index (Phi) is 22.5. The minimum Gasteiger partial charge on any atom is -0.508 e. The van der Waals surface area contributed by atoms with Gasteiger partial charge >= 0.3 is 5.97 Å². The van der Waals surface area contributed by atoms with Gasteiger partial charge in [0.1, 0.15) is 48.0 Å². The Bertz CT molecular complexity index is 2300. The molecule has 25 heteroatoms. The van der Waals surface area contributed by atoms with Gasteiger partial charge in [0.05, 0.1) is 12.9 Å². The summed E-state index contributed by atoms with van der Waals surface area (Å²) in [6, 6.07) is 5.64. The topological polar surface area (TPSA) is 358 Å². The van der Waals surface area contributed by atoms with E-state index in [-0.39, 0.29) is 69.2 Å². The summed E-state index contributed by atoms with van der Waals surface area (Å²) >= 11 is 8.90. The normalized spacial score (nSPS) is 16.8. The maximum atomic E-state index is 14.5. The van der Waals surface area contributed by atoms with E-state index in [1.807, 2.05) is 0 Å². The molecule has 8 atom stereocenters. The van der Waals surface area contributed by atoms with E-state index in [1.54, 1.807) is 51.2 Å². The molecule has 1 aromatic heterocycles. The highest BCUT2D eigenvalue weighted by Gasteiger charge is 2.43. The number of hydrogen-bond donors (Lipinski definition) is 14. The van der Waals surface area contributed by atoms with Crippen LogP contribution in [0.5, 0.6) is 5.75 Å². The second-order valence-corrected chi connectivity index (χ2v) is 18.4. The Morgan fingerprint density at radius 2 is 1.42 bits per heavy atom. The molecule has 1 aliphatic rings. The SMILES string of the molecule is CNCC(=O)N[C@@H](CCCN=C(N)N)C(=O)N[C@H](C(=O)N[C@@H](Cc1ccc(O)cc1)C(=O)N[C@@H](CS)C(=O)N[C@@H](Cc1cnc[nH]1)C(=O)N1C[C@@H](S)C[C@H]1C(=O)N[C@@H](Cc1ccccc1)C(=O)O)C(C)C. The molecule has 71 heavy (non-hydrogen) atoms. The standard InChI is InChI=1S/C46H65N13O10S2/c1-25(2)38(58-39(62)31(53-37(61)21-49-3)10-7-15-51-46(47)48)43(66)54-32(16-27-11-13-29(60)14-12-27)40(63)57-35(23-70)41(64)55-33(18-28-20-50-24-52-28)44(67)59-22-30(71)19-36(59)42(65)56-34(45(68)69)17-26-8-5-4-6-9-26/h4-6,8-9,11-14,20,24-25,30-36,38,49,60,70-71H,7,10,15-19,21-23H2,1-3H3,(H,50,52)(H,53,61)(H,54,66)(H,55,64)(H,56,65)(H,57,63)(H,58,62)(H,68,69)(H4,47,48,51)/t30-,31-,32-,33-,34-,35-,36-,38-/m0/s1. The van der Waals surface area contributed by atoms with Gasteiger partial charge in [0, 0.05) is 55.2 Å². The molecule has 14 N–H and O–H groups in total. The van der Waals surface area contributed by atoms with Crippen molar-refractivity contribution in [1.82, 2.24) is 52.1 Å². The van der Waals surface area contributed by atoms with Crippen LogP contribution in [0.1, 0.15) is 49.9 Å². The number of likely N-dealkylation sites (tertiary alicyclic amines) is 1. The lowest BCUT2D eigenvalue weighted by Gasteiger charge is -2.30. The Hall–Kier alpha value is -6.86. The molecule has 0 bridgehead atoms. The van der Waals surface area contributed by atoms with Gasteiger partial charge in [-0.3, -0.25) is 38.6 Å². The number of hydrogen-bond acceptors (Lipinski definition) is 14. The molecule has 4 rings (SSSR count). The number of carboxylic acid groups (broad SMARTS) is 1. The van der Waals surface area contributed by atoms with Crippen molar-refractivity contribution in [1.29, 1.82) is 0 Å². The quantitative estimate of drug-likeness (QED) is 0.0168. The number of carbonyl (C=O) groups is 8. The molecule has 3 aromatic rings. The number of rotatable bonds is 27. The number of aliphatic carboxylic acids is 1. The zero-order valence-electron chi connectivity index (χ0n) is 39.7. The molecule has 2 heterocycles. The van der Waals surface area contributed by atoms with Gasteiger partial charge in [-0.25, -0.2) is 9.78 Å². The predicted molar refractivity (Wildman–Crippen MR) is 269 cm³/mol. The third kappa shape index (κ3) is 18.1. The highest BCUT2D eigenvalue weighted by molar-refractivity contribution is 7.81. The molecular formula is C46H65N13O10S2. The van der Waals surface area contributed by atoms with E-state index >= 15 is 0 Å². The molecule has 0 aliphatic carbocycles. The third-order valence-electron chi connectivity index (χ3n) is 11.4. The summed E-state index contributed by atoms with van der Waals surface area (Å²) in [6.45, 7) is 3.40.